The van der Waals surface area contributed by atoms with E-state index in [4.69, 9.17) is 62.6 Å². The lowest BCUT2D eigenvalue weighted by atomic mass is 9.86. The quantitative estimate of drug-likeness (QED) is 0.0961. The van der Waals surface area contributed by atoms with Crippen LogP contribution in [0.25, 0.3) is 0 Å². The van der Waals surface area contributed by atoms with Gasteiger partial charge in [-0.2, -0.15) is 0 Å². The lowest BCUT2D eigenvalue weighted by Crippen LogP contribution is -2.62. The first-order chi connectivity index (χ1) is 22.4. The standard InChI is InChI=1S/C21H40N4O8.C6H14N2O4.CH4O/c22-8-12-2-1-3-17(30-12)33-20-14(24)6-11(25-21(29)19(28)15(27)9-23)7-16(20)32-18-5-4-13(10-26)31-18;7-1-2-4(9)5(10)3(8)6(11)12-2;1-2/h11-20,26-28H,1-10,22-24H2,(H,25,29);2-6,9-11H,1,7-8H2;2H,1H3/t11?,12?,13?,14?,15?,16?,17-,18?,19?,20-;2-,3+,4+,5?,6-;/m10./s1. The number of carbonyl (C=O) groups is 1. The third kappa shape index (κ3) is 12.3. The van der Waals surface area contributed by atoms with Crippen LogP contribution in [0.4, 0.5) is 0 Å². The summed E-state index contributed by atoms with van der Waals surface area (Å²) in [6, 6.07) is -1.87. The number of rotatable bonds is 11. The largest absolute Gasteiger partial charge is 0.400 e. The van der Waals surface area contributed by atoms with Crippen LogP contribution in [-0.2, 0) is 28.5 Å². The van der Waals surface area contributed by atoms with E-state index in [1.54, 1.807) is 0 Å². The van der Waals surface area contributed by atoms with Gasteiger partial charge in [0, 0.05) is 45.2 Å². The molecule has 18 N–H and O–H groups in total. The minimum absolute atomic E-state index is 0.0298. The molecule has 1 aliphatic carbocycles. The number of aliphatic hydroxyl groups excluding tert-OH is 7. The van der Waals surface area contributed by atoms with Crippen LogP contribution in [0.3, 0.4) is 0 Å². The molecule has 1 amide bonds. The zero-order chi connectivity index (χ0) is 35.3. The highest BCUT2D eigenvalue weighted by molar-refractivity contribution is 5.81. The predicted octanol–water partition coefficient (Wildman–Crippen LogP) is -6.29. The zero-order valence-electron chi connectivity index (χ0n) is 26.9. The summed E-state index contributed by atoms with van der Waals surface area (Å²) in [5.41, 5.74) is 28.1. The van der Waals surface area contributed by atoms with Gasteiger partial charge in [0.15, 0.2) is 25.0 Å². The summed E-state index contributed by atoms with van der Waals surface area (Å²) in [7, 11) is 1.00. The van der Waals surface area contributed by atoms with Crippen LogP contribution in [0, 0.1) is 0 Å². The first kappa shape index (κ1) is 42.0. The molecule has 19 nitrogen and oxygen atoms in total. The number of amides is 1. The minimum atomic E-state index is -1.63. The zero-order valence-corrected chi connectivity index (χ0v) is 26.9. The summed E-state index contributed by atoms with van der Waals surface area (Å²) in [4.78, 5) is 12.3. The van der Waals surface area contributed by atoms with Gasteiger partial charge in [-0.1, -0.05) is 0 Å². The van der Waals surface area contributed by atoms with Crippen LogP contribution in [0.5, 0.6) is 0 Å². The summed E-state index contributed by atoms with van der Waals surface area (Å²) >= 11 is 0. The van der Waals surface area contributed by atoms with Gasteiger partial charge >= 0.3 is 0 Å². The van der Waals surface area contributed by atoms with Gasteiger partial charge in [-0.25, -0.2) is 0 Å². The molecule has 4 rings (SSSR count). The third-order valence-corrected chi connectivity index (χ3v) is 8.56. The average Bonchev–Trinajstić information content (AvgIpc) is 3.55. The van der Waals surface area contributed by atoms with Crippen molar-refractivity contribution >= 4 is 5.91 Å². The van der Waals surface area contributed by atoms with Crippen molar-refractivity contribution in [2.45, 2.75) is 137 Å². The van der Waals surface area contributed by atoms with Gasteiger partial charge < -0.3 is 93.4 Å². The molecule has 9 unspecified atom stereocenters. The molecule has 15 atom stereocenters. The maximum absolute atomic E-state index is 12.3. The summed E-state index contributed by atoms with van der Waals surface area (Å²) in [5.74, 6) is -0.720. The van der Waals surface area contributed by atoms with Crippen LogP contribution in [0.15, 0.2) is 0 Å². The van der Waals surface area contributed by atoms with E-state index in [-0.39, 0.29) is 31.9 Å². The molecule has 4 aliphatic rings. The highest BCUT2D eigenvalue weighted by Gasteiger charge is 2.43. The number of nitrogens with two attached hydrogens (primary N) is 5. The highest BCUT2D eigenvalue weighted by atomic mass is 16.7. The molecule has 0 aromatic rings. The van der Waals surface area contributed by atoms with E-state index >= 15 is 0 Å². The van der Waals surface area contributed by atoms with Gasteiger partial charge in [0.1, 0.15) is 30.5 Å². The molecular weight excluding hydrogens is 628 g/mol. The molecule has 0 spiro atoms. The topological polar surface area (TPSA) is 347 Å². The SMILES string of the molecule is CO.NCC1CCC[C@@H](O[C@@H]2C(N)CC(NC(=O)C(O)C(O)CN)CC2OC2CCC(CO)O2)O1.NC[C@@H]1O[C@H](O)[C@H](N)C(O)[C@@H]1O. The van der Waals surface area contributed by atoms with Crippen LogP contribution in [0.2, 0.25) is 0 Å². The molecule has 0 bridgehead atoms. The lowest BCUT2D eigenvalue weighted by Gasteiger charge is -2.43. The monoisotopic (exact) mass is 686 g/mol. The Hall–Kier alpha value is -1.21. The Bertz CT molecular complexity index is 882. The molecule has 278 valence electrons. The Morgan fingerprint density at radius 3 is 2.13 bits per heavy atom. The first-order valence-corrected chi connectivity index (χ1v) is 16.1. The van der Waals surface area contributed by atoms with E-state index in [2.05, 4.69) is 5.32 Å². The van der Waals surface area contributed by atoms with Crippen LogP contribution >= 0.6 is 0 Å². The Kier molecular flexibility index (Phi) is 18.8. The molecular formula is C28H58N6O13. The van der Waals surface area contributed by atoms with Gasteiger partial charge in [0.25, 0.3) is 5.91 Å². The minimum Gasteiger partial charge on any atom is -0.400 e. The van der Waals surface area contributed by atoms with E-state index in [0.717, 1.165) is 26.4 Å². The van der Waals surface area contributed by atoms with Gasteiger partial charge in [0.2, 0.25) is 0 Å². The fourth-order valence-electron chi connectivity index (χ4n) is 5.85. The second kappa shape index (κ2) is 21.1. The van der Waals surface area contributed by atoms with Crippen molar-refractivity contribution in [3.63, 3.8) is 0 Å². The first-order valence-electron chi connectivity index (χ1n) is 16.1. The van der Waals surface area contributed by atoms with Crippen molar-refractivity contribution in [1.82, 2.24) is 5.32 Å². The average molecular weight is 687 g/mol. The maximum atomic E-state index is 12.3. The molecule has 0 aromatic carbocycles. The van der Waals surface area contributed by atoms with Crippen LogP contribution in [0.1, 0.15) is 44.9 Å². The van der Waals surface area contributed by atoms with Crippen LogP contribution in [-0.4, -0.2) is 167 Å². The molecule has 0 radical (unpaired) electrons. The number of hydrogen-bond acceptors (Lipinski definition) is 18. The van der Waals surface area contributed by atoms with E-state index in [1.807, 2.05) is 0 Å². The van der Waals surface area contributed by atoms with Crippen molar-refractivity contribution < 1.29 is 64.2 Å². The van der Waals surface area contributed by atoms with Gasteiger partial charge in [-0.15, -0.1) is 0 Å². The van der Waals surface area contributed by atoms with E-state index < -0.39 is 85.6 Å². The summed E-state index contributed by atoms with van der Waals surface area (Å²) in [5, 5.41) is 66.3. The second-order valence-corrected chi connectivity index (χ2v) is 12.0. The van der Waals surface area contributed by atoms with E-state index in [9.17, 15) is 30.3 Å². The molecule has 47 heavy (non-hydrogen) atoms. The molecule has 19 heteroatoms. The van der Waals surface area contributed by atoms with Crippen LogP contribution < -0.4 is 34.0 Å². The Morgan fingerprint density at radius 2 is 1.53 bits per heavy atom. The smallest absolute Gasteiger partial charge is 0.251 e. The van der Waals surface area contributed by atoms with Crippen molar-refractivity contribution in [2.75, 3.05) is 33.4 Å². The molecule has 4 fully saturated rings. The predicted molar refractivity (Wildman–Crippen MR) is 165 cm³/mol. The molecule has 0 aromatic heterocycles. The van der Waals surface area contributed by atoms with Crippen molar-refractivity contribution in [1.29, 1.82) is 0 Å². The molecule has 3 aliphatic heterocycles. The van der Waals surface area contributed by atoms with Crippen molar-refractivity contribution in [2.24, 2.45) is 28.7 Å². The van der Waals surface area contributed by atoms with E-state index in [0.29, 0.717) is 32.2 Å². The summed E-state index contributed by atoms with van der Waals surface area (Å²) in [6.45, 7) is 0.124. The number of ether oxygens (including phenoxy) is 5. The number of hydrogen-bond donors (Lipinski definition) is 13. The number of carbonyl (C=O) groups excluding carboxylic acids is 1. The fourth-order valence-corrected chi connectivity index (χ4v) is 5.85. The fraction of sp³-hybridized carbons (Fsp3) is 0.964. The highest BCUT2D eigenvalue weighted by Crippen LogP contribution is 2.32. The number of nitrogens with one attached hydrogen (secondary N) is 1. The van der Waals surface area contributed by atoms with Gasteiger partial charge in [0.05, 0.1) is 31.0 Å². The maximum Gasteiger partial charge on any atom is 0.251 e. The van der Waals surface area contributed by atoms with Crippen molar-refractivity contribution in [3.05, 3.63) is 0 Å². The molecule has 1 saturated carbocycles. The van der Waals surface area contributed by atoms with Gasteiger partial charge in [-0.05, 0) is 38.5 Å². The number of aliphatic hydroxyl groups is 7. The Balaban J connectivity index is 0.000000458. The Morgan fingerprint density at radius 1 is 0.872 bits per heavy atom. The molecule has 3 saturated heterocycles. The Labute approximate surface area is 274 Å². The second-order valence-electron chi connectivity index (χ2n) is 12.0. The van der Waals surface area contributed by atoms with E-state index in [1.165, 1.54) is 0 Å². The summed E-state index contributed by atoms with van der Waals surface area (Å²) in [6.07, 6.45) is -5.05. The summed E-state index contributed by atoms with van der Waals surface area (Å²) < 4.78 is 29.0. The third-order valence-electron chi connectivity index (χ3n) is 8.56. The lowest BCUT2D eigenvalue weighted by molar-refractivity contribution is -0.262. The van der Waals surface area contributed by atoms with Gasteiger partial charge in [-0.3, -0.25) is 4.79 Å². The normalized spacial score (nSPS) is 40.2. The molecule has 3 heterocycles. The van der Waals surface area contributed by atoms with Crippen molar-refractivity contribution in [3.8, 4) is 0 Å².